The van der Waals surface area contributed by atoms with Crippen LogP contribution in [0.3, 0.4) is 0 Å². The highest BCUT2D eigenvalue weighted by atomic mass is 127. The molecule has 0 spiro atoms. The van der Waals surface area contributed by atoms with E-state index in [1.54, 1.807) is 0 Å². The maximum absolute atomic E-state index is 5.91. The van der Waals surface area contributed by atoms with Crippen molar-refractivity contribution in [2.45, 2.75) is 32.2 Å². The molecule has 1 aromatic carbocycles. The zero-order valence-corrected chi connectivity index (χ0v) is 15.6. The lowest BCUT2D eigenvalue weighted by atomic mass is 10.2. The van der Waals surface area contributed by atoms with Crippen LogP contribution in [0.15, 0.2) is 23.2 Å². The molecule has 6 heteroatoms. The first kappa shape index (κ1) is 18.4. The molecule has 1 aromatic rings. The third kappa shape index (κ3) is 5.90. The molecule has 0 atom stereocenters. The van der Waals surface area contributed by atoms with E-state index < -0.39 is 0 Å². The van der Waals surface area contributed by atoms with Crippen LogP contribution in [-0.2, 0) is 0 Å². The number of aryl methyl sites for hydroxylation is 1. The van der Waals surface area contributed by atoms with Crippen LogP contribution in [0.1, 0.15) is 24.8 Å². The third-order valence-electron chi connectivity index (χ3n) is 3.43. The van der Waals surface area contributed by atoms with Crippen LogP contribution in [0.5, 0.6) is 5.75 Å². The molecule has 0 heterocycles. The van der Waals surface area contributed by atoms with Crippen molar-refractivity contribution in [3.8, 4) is 5.75 Å². The molecule has 0 aliphatic heterocycles. The summed E-state index contributed by atoms with van der Waals surface area (Å²) >= 11 is 5.90. The summed E-state index contributed by atoms with van der Waals surface area (Å²) in [5.74, 6) is 1.51. The van der Waals surface area contributed by atoms with Gasteiger partial charge in [-0.15, -0.1) is 24.0 Å². The predicted octanol–water partition coefficient (Wildman–Crippen LogP) is 3.44. The summed E-state index contributed by atoms with van der Waals surface area (Å²) in [6.07, 6.45) is 3.30. The third-order valence-corrected chi connectivity index (χ3v) is 3.66. The second-order valence-corrected chi connectivity index (χ2v) is 5.63. The van der Waals surface area contributed by atoms with Gasteiger partial charge in [-0.3, -0.25) is 4.99 Å². The van der Waals surface area contributed by atoms with Gasteiger partial charge in [-0.2, -0.15) is 0 Å². The largest absolute Gasteiger partial charge is 0.493 e. The van der Waals surface area contributed by atoms with Crippen LogP contribution in [-0.4, -0.2) is 37.1 Å². The van der Waals surface area contributed by atoms with E-state index in [0.717, 1.165) is 22.8 Å². The van der Waals surface area contributed by atoms with Crippen molar-refractivity contribution < 1.29 is 4.74 Å². The van der Waals surface area contributed by atoms with Crippen LogP contribution in [0.2, 0.25) is 5.02 Å². The number of ether oxygens (including phenoxy) is 1. The second kappa shape index (κ2) is 8.68. The average molecular weight is 424 g/mol. The van der Waals surface area contributed by atoms with Crippen molar-refractivity contribution in [3.63, 3.8) is 0 Å². The van der Waals surface area contributed by atoms with E-state index in [0.29, 0.717) is 25.2 Å². The van der Waals surface area contributed by atoms with Gasteiger partial charge in [0.25, 0.3) is 0 Å². The molecule has 4 nitrogen and oxygen atoms in total. The fourth-order valence-corrected chi connectivity index (χ4v) is 2.20. The Hall–Kier alpha value is -0.690. The van der Waals surface area contributed by atoms with E-state index in [4.69, 9.17) is 22.1 Å². The van der Waals surface area contributed by atoms with Crippen LogP contribution < -0.4 is 10.5 Å². The van der Waals surface area contributed by atoms with Gasteiger partial charge in [0.05, 0.1) is 6.61 Å². The molecule has 0 radical (unpaired) electrons. The van der Waals surface area contributed by atoms with Gasteiger partial charge in [0, 0.05) is 31.1 Å². The van der Waals surface area contributed by atoms with Gasteiger partial charge in [-0.05, 0) is 43.5 Å². The fourth-order valence-electron chi connectivity index (χ4n) is 1.98. The van der Waals surface area contributed by atoms with Gasteiger partial charge < -0.3 is 15.4 Å². The second-order valence-electron chi connectivity index (χ2n) is 5.19. The smallest absolute Gasteiger partial charge is 0.191 e. The molecule has 1 aliphatic carbocycles. The fraction of sp³-hybridized carbons (Fsp3) is 0.533. The summed E-state index contributed by atoms with van der Waals surface area (Å²) in [6.45, 7) is 3.31. The molecule has 0 amide bonds. The quantitative estimate of drug-likeness (QED) is 0.330. The van der Waals surface area contributed by atoms with Crippen LogP contribution in [0, 0.1) is 6.92 Å². The molecule has 0 bridgehead atoms. The molecule has 2 N–H and O–H groups in total. The Bertz CT molecular complexity index is 492. The molecule has 21 heavy (non-hydrogen) atoms. The summed E-state index contributed by atoms with van der Waals surface area (Å²) in [6, 6.07) is 6.24. The van der Waals surface area contributed by atoms with E-state index in [-0.39, 0.29) is 24.0 Å². The monoisotopic (exact) mass is 423 g/mol. The summed E-state index contributed by atoms with van der Waals surface area (Å²) < 4.78 is 5.71. The minimum absolute atomic E-state index is 0. The normalized spacial score (nSPS) is 14.5. The van der Waals surface area contributed by atoms with Crippen molar-refractivity contribution in [1.82, 2.24) is 4.90 Å². The first-order chi connectivity index (χ1) is 9.58. The first-order valence-corrected chi connectivity index (χ1v) is 7.37. The first-order valence-electron chi connectivity index (χ1n) is 6.99. The van der Waals surface area contributed by atoms with E-state index in [1.807, 2.05) is 32.2 Å². The van der Waals surface area contributed by atoms with Gasteiger partial charge in [0.2, 0.25) is 0 Å². The van der Waals surface area contributed by atoms with Gasteiger partial charge in [0.1, 0.15) is 5.75 Å². The highest BCUT2D eigenvalue weighted by Crippen LogP contribution is 2.25. The lowest BCUT2D eigenvalue weighted by molar-refractivity contribution is 0.311. The van der Waals surface area contributed by atoms with Crippen molar-refractivity contribution in [3.05, 3.63) is 28.8 Å². The van der Waals surface area contributed by atoms with Gasteiger partial charge in [-0.1, -0.05) is 11.6 Å². The highest BCUT2D eigenvalue weighted by Gasteiger charge is 2.27. The average Bonchev–Trinajstić information content (AvgIpc) is 3.24. The van der Waals surface area contributed by atoms with Crippen molar-refractivity contribution in [2.24, 2.45) is 10.7 Å². The molecule has 1 fully saturated rings. The minimum atomic E-state index is 0. The Morgan fingerprint density at radius 1 is 1.48 bits per heavy atom. The van der Waals surface area contributed by atoms with Crippen LogP contribution in [0.25, 0.3) is 0 Å². The Balaban J connectivity index is 0.00000220. The predicted molar refractivity (Wildman–Crippen MR) is 99.0 cm³/mol. The van der Waals surface area contributed by atoms with Gasteiger partial charge in [-0.25, -0.2) is 0 Å². The number of nitrogens with two attached hydrogens (primary N) is 1. The molecule has 118 valence electrons. The van der Waals surface area contributed by atoms with Crippen LogP contribution >= 0.6 is 35.6 Å². The summed E-state index contributed by atoms with van der Waals surface area (Å²) in [7, 11) is 2.00. The zero-order chi connectivity index (χ0) is 14.5. The van der Waals surface area contributed by atoms with Crippen molar-refractivity contribution in [1.29, 1.82) is 0 Å². The molecule has 0 saturated heterocycles. The van der Waals surface area contributed by atoms with E-state index in [1.165, 1.54) is 12.8 Å². The molecule has 0 unspecified atom stereocenters. The number of hydrogen-bond donors (Lipinski definition) is 1. The number of hydrogen-bond acceptors (Lipinski definition) is 2. The number of halogens is 2. The maximum atomic E-state index is 5.91. The maximum Gasteiger partial charge on any atom is 0.191 e. The lowest BCUT2D eigenvalue weighted by Gasteiger charge is -2.16. The summed E-state index contributed by atoms with van der Waals surface area (Å²) in [5.41, 5.74) is 6.96. The number of nitrogens with zero attached hydrogens (tertiary/aromatic N) is 2. The molecule has 0 aromatic heterocycles. The molecule has 1 saturated carbocycles. The van der Waals surface area contributed by atoms with E-state index >= 15 is 0 Å². The van der Waals surface area contributed by atoms with E-state index in [2.05, 4.69) is 9.89 Å². The molecular weight excluding hydrogens is 401 g/mol. The van der Waals surface area contributed by atoms with Crippen molar-refractivity contribution in [2.75, 3.05) is 20.2 Å². The number of rotatable bonds is 6. The number of aliphatic imine (C=N–C) groups is 1. The standard InChI is InChI=1S/C15H22ClN3O.HI/c1-11-10-12(16)4-7-14(11)20-9-3-8-18-15(17)19(2)13-5-6-13;/h4,7,10,13H,3,5-6,8-9H2,1-2H3,(H2,17,18);1H. The van der Waals surface area contributed by atoms with Gasteiger partial charge >= 0.3 is 0 Å². The Kier molecular flexibility index (Phi) is 7.59. The summed E-state index contributed by atoms with van der Waals surface area (Å²) in [5, 5.41) is 0.732. The Morgan fingerprint density at radius 2 is 2.19 bits per heavy atom. The molecule has 1 aliphatic rings. The van der Waals surface area contributed by atoms with Crippen molar-refractivity contribution >= 4 is 41.5 Å². The van der Waals surface area contributed by atoms with Gasteiger partial charge in [0.15, 0.2) is 5.96 Å². The van der Waals surface area contributed by atoms with E-state index in [9.17, 15) is 0 Å². The Morgan fingerprint density at radius 3 is 2.81 bits per heavy atom. The summed E-state index contributed by atoms with van der Waals surface area (Å²) in [4.78, 5) is 6.43. The number of benzene rings is 1. The molecule has 2 rings (SSSR count). The zero-order valence-electron chi connectivity index (χ0n) is 12.5. The molecular formula is C15H23ClIN3O. The SMILES string of the molecule is Cc1cc(Cl)ccc1OCCCN=C(N)N(C)C1CC1.I. The lowest BCUT2D eigenvalue weighted by Crippen LogP contribution is -2.35. The Labute approximate surface area is 148 Å². The topological polar surface area (TPSA) is 50.9 Å². The minimum Gasteiger partial charge on any atom is -0.493 e. The van der Waals surface area contributed by atoms with Crippen LogP contribution in [0.4, 0.5) is 0 Å². The highest BCUT2D eigenvalue weighted by molar-refractivity contribution is 14.0. The number of guanidine groups is 1.